The summed E-state index contributed by atoms with van der Waals surface area (Å²) in [7, 11) is 0. The lowest BCUT2D eigenvalue weighted by molar-refractivity contribution is 0.124. The molecular formula is C20H26N4O. The van der Waals surface area contributed by atoms with Gasteiger partial charge in [0.2, 0.25) is 0 Å². The minimum atomic E-state index is -0.156. The molecule has 0 amide bonds. The number of imidazole rings is 1. The number of nitrogens with two attached hydrogens (primary N) is 1. The molecule has 1 fully saturated rings. The van der Waals surface area contributed by atoms with Crippen molar-refractivity contribution in [2.75, 3.05) is 6.61 Å². The summed E-state index contributed by atoms with van der Waals surface area (Å²) in [5, 5.41) is 1.13. The fourth-order valence-electron chi connectivity index (χ4n) is 4.01. The SMILES string of the molecule is CCOCc1nc2cnc3ccccc3c2n1CC1(N)CCCCC1. The van der Waals surface area contributed by atoms with Crippen LogP contribution in [0.25, 0.3) is 21.9 Å². The van der Waals surface area contributed by atoms with Crippen LogP contribution >= 0.6 is 0 Å². The van der Waals surface area contributed by atoms with Gasteiger partial charge in [-0.05, 0) is 25.8 Å². The van der Waals surface area contributed by atoms with E-state index in [0.717, 1.165) is 47.1 Å². The number of pyridine rings is 1. The molecule has 25 heavy (non-hydrogen) atoms. The zero-order valence-corrected chi connectivity index (χ0v) is 14.9. The first-order valence-corrected chi connectivity index (χ1v) is 9.30. The third-order valence-corrected chi connectivity index (χ3v) is 5.32. The van der Waals surface area contributed by atoms with Gasteiger partial charge in [0.05, 0.1) is 17.2 Å². The molecule has 2 heterocycles. The Morgan fingerprint density at radius 1 is 1.16 bits per heavy atom. The first kappa shape index (κ1) is 16.5. The highest BCUT2D eigenvalue weighted by Crippen LogP contribution is 2.31. The van der Waals surface area contributed by atoms with Crippen molar-refractivity contribution < 1.29 is 4.74 Å². The number of ether oxygens (including phenoxy) is 1. The summed E-state index contributed by atoms with van der Waals surface area (Å²) in [6.07, 6.45) is 7.74. The summed E-state index contributed by atoms with van der Waals surface area (Å²) in [6.45, 7) is 3.99. The van der Waals surface area contributed by atoms with Crippen molar-refractivity contribution in [1.29, 1.82) is 0 Å². The van der Waals surface area contributed by atoms with Crippen molar-refractivity contribution in [2.24, 2.45) is 5.73 Å². The lowest BCUT2D eigenvalue weighted by Gasteiger charge is -2.34. The minimum absolute atomic E-state index is 0.156. The van der Waals surface area contributed by atoms with Gasteiger partial charge in [-0.1, -0.05) is 37.5 Å². The highest BCUT2D eigenvalue weighted by atomic mass is 16.5. The third-order valence-electron chi connectivity index (χ3n) is 5.32. The number of aromatic nitrogens is 3. The first-order valence-electron chi connectivity index (χ1n) is 9.30. The molecule has 3 aromatic rings. The van der Waals surface area contributed by atoms with Gasteiger partial charge in [0.15, 0.2) is 0 Å². The topological polar surface area (TPSA) is 66.0 Å². The van der Waals surface area contributed by atoms with E-state index in [4.69, 9.17) is 15.5 Å². The smallest absolute Gasteiger partial charge is 0.136 e. The van der Waals surface area contributed by atoms with E-state index >= 15 is 0 Å². The average molecular weight is 338 g/mol. The normalized spacial score (nSPS) is 17.4. The van der Waals surface area contributed by atoms with E-state index in [1.807, 2.05) is 25.3 Å². The number of fused-ring (bicyclic) bond motifs is 3. The molecule has 5 nitrogen and oxygen atoms in total. The fraction of sp³-hybridized carbons (Fsp3) is 0.500. The summed E-state index contributed by atoms with van der Waals surface area (Å²) in [5.41, 5.74) is 9.68. The number of hydrogen-bond donors (Lipinski definition) is 1. The number of rotatable bonds is 5. The molecule has 0 spiro atoms. The predicted octanol–water partition coefficient (Wildman–Crippen LogP) is 3.78. The second kappa shape index (κ2) is 6.73. The summed E-state index contributed by atoms with van der Waals surface area (Å²) in [6, 6.07) is 8.25. The maximum atomic E-state index is 6.78. The Bertz CT molecular complexity index is 880. The zero-order valence-electron chi connectivity index (χ0n) is 14.9. The highest BCUT2D eigenvalue weighted by molar-refractivity contribution is 6.02. The van der Waals surface area contributed by atoms with Gasteiger partial charge in [-0.25, -0.2) is 4.98 Å². The van der Waals surface area contributed by atoms with Gasteiger partial charge in [-0.2, -0.15) is 0 Å². The minimum Gasteiger partial charge on any atom is -0.374 e. The molecule has 4 rings (SSSR count). The molecule has 1 aliphatic carbocycles. The van der Waals surface area contributed by atoms with Crippen LogP contribution in [-0.2, 0) is 17.9 Å². The van der Waals surface area contributed by atoms with E-state index in [2.05, 4.69) is 21.7 Å². The van der Waals surface area contributed by atoms with Crippen LogP contribution < -0.4 is 5.73 Å². The Morgan fingerprint density at radius 2 is 1.96 bits per heavy atom. The summed E-state index contributed by atoms with van der Waals surface area (Å²) in [5.74, 6) is 0.949. The highest BCUT2D eigenvalue weighted by Gasteiger charge is 2.30. The van der Waals surface area contributed by atoms with Crippen LogP contribution in [0.3, 0.4) is 0 Å². The van der Waals surface area contributed by atoms with E-state index in [1.54, 1.807) is 0 Å². The number of nitrogens with zero attached hydrogens (tertiary/aromatic N) is 3. The Hall–Kier alpha value is -1.98. The van der Waals surface area contributed by atoms with Crippen LogP contribution in [0.1, 0.15) is 44.9 Å². The summed E-state index contributed by atoms with van der Waals surface area (Å²) < 4.78 is 7.97. The van der Waals surface area contributed by atoms with Gasteiger partial charge in [-0.3, -0.25) is 4.98 Å². The van der Waals surface area contributed by atoms with Crippen LogP contribution in [-0.4, -0.2) is 26.7 Å². The lowest BCUT2D eigenvalue weighted by Crippen LogP contribution is -2.45. The third kappa shape index (κ3) is 3.14. The largest absolute Gasteiger partial charge is 0.374 e. The van der Waals surface area contributed by atoms with E-state index in [9.17, 15) is 0 Å². The van der Waals surface area contributed by atoms with Gasteiger partial charge in [0.25, 0.3) is 0 Å². The van der Waals surface area contributed by atoms with E-state index < -0.39 is 0 Å². The molecule has 132 valence electrons. The fourth-order valence-corrected chi connectivity index (χ4v) is 4.01. The van der Waals surface area contributed by atoms with Crippen LogP contribution in [0.15, 0.2) is 30.5 Å². The molecular weight excluding hydrogens is 312 g/mol. The van der Waals surface area contributed by atoms with Crippen LogP contribution in [0.4, 0.5) is 0 Å². The molecule has 0 unspecified atom stereocenters. The summed E-state index contributed by atoms with van der Waals surface area (Å²) in [4.78, 5) is 9.38. The molecule has 1 aliphatic rings. The zero-order chi connectivity index (χ0) is 17.3. The molecule has 2 N–H and O–H groups in total. The van der Waals surface area contributed by atoms with Crippen LogP contribution in [0.5, 0.6) is 0 Å². The van der Waals surface area contributed by atoms with Crippen molar-refractivity contribution in [3.63, 3.8) is 0 Å². The predicted molar refractivity (Wildman–Crippen MR) is 100 cm³/mol. The molecule has 0 aliphatic heterocycles. The Morgan fingerprint density at radius 3 is 2.76 bits per heavy atom. The lowest BCUT2D eigenvalue weighted by atomic mass is 9.82. The van der Waals surface area contributed by atoms with Crippen molar-refractivity contribution in [2.45, 2.75) is 57.7 Å². The van der Waals surface area contributed by atoms with Gasteiger partial charge in [-0.15, -0.1) is 0 Å². The van der Waals surface area contributed by atoms with Crippen molar-refractivity contribution in [3.8, 4) is 0 Å². The maximum absolute atomic E-state index is 6.78. The number of para-hydroxylation sites is 1. The second-order valence-corrected chi connectivity index (χ2v) is 7.18. The van der Waals surface area contributed by atoms with Gasteiger partial charge in [0.1, 0.15) is 17.9 Å². The van der Waals surface area contributed by atoms with E-state index in [-0.39, 0.29) is 5.54 Å². The van der Waals surface area contributed by atoms with Crippen molar-refractivity contribution >= 4 is 21.9 Å². The number of hydrogen-bond acceptors (Lipinski definition) is 4. The molecule has 1 saturated carbocycles. The van der Waals surface area contributed by atoms with Gasteiger partial charge in [0, 0.05) is 24.1 Å². The standard InChI is InChI=1S/C20H26N4O/c1-2-25-13-18-23-17-12-22-16-9-5-4-8-15(16)19(17)24(18)14-20(21)10-6-3-7-11-20/h4-5,8-9,12H,2-3,6-7,10-11,13-14,21H2,1H3. The van der Waals surface area contributed by atoms with Crippen molar-refractivity contribution in [1.82, 2.24) is 14.5 Å². The van der Waals surface area contributed by atoms with Crippen molar-refractivity contribution in [3.05, 3.63) is 36.3 Å². The van der Waals surface area contributed by atoms with Gasteiger partial charge < -0.3 is 15.0 Å². The first-order chi connectivity index (χ1) is 12.2. The van der Waals surface area contributed by atoms with Gasteiger partial charge >= 0.3 is 0 Å². The number of benzene rings is 1. The van der Waals surface area contributed by atoms with E-state index in [0.29, 0.717) is 13.2 Å². The second-order valence-electron chi connectivity index (χ2n) is 7.18. The van der Waals surface area contributed by atoms with Crippen LogP contribution in [0.2, 0.25) is 0 Å². The maximum Gasteiger partial charge on any atom is 0.136 e. The monoisotopic (exact) mass is 338 g/mol. The molecule has 1 aromatic carbocycles. The average Bonchev–Trinajstić information content (AvgIpc) is 2.98. The molecule has 2 aromatic heterocycles. The molecule has 0 bridgehead atoms. The quantitative estimate of drug-likeness (QED) is 0.769. The molecule has 0 atom stereocenters. The van der Waals surface area contributed by atoms with E-state index in [1.165, 1.54) is 19.3 Å². The Balaban J connectivity index is 1.86. The van der Waals surface area contributed by atoms with Crippen LogP contribution in [0, 0.1) is 0 Å². The molecule has 0 radical (unpaired) electrons. The molecule has 0 saturated heterocycles. The Labute approximate surface area is 148 Å². The Kier molecular flexibility index (Phi) is 4.44. The molecule has 5 heteroatoms. The summed E-state index contributed by atoms with van der Waals surface area (Å²) >= 11 is 0.